The molecular formula is C11H15NO3. The number of cyclic esters (lactones) is 1. The summed E-state index contributed by atoms with van der Waals surface area (Å²) in [7, 11) is 0. The standard InChI is InChI=1S/C11H15NO3/c1-2-10-7-12(11(14)15-10)8-3-5-9(13)6-4-8/h3,5,10,13H,2,4,6-7H2,1H3. The molecule has 1 fully saturated rings. The molecule has 0 radical (unpaired) electrons. The number of aliphatic hydroxyl groups excluding tert-OH is 1. The minimum atomic E-state index is -0.261. The van der Waals surface area contributed by atoms with Crippen LogP contribution < -0.4 is 0 Å². The molecule has 1 saturated heterocycles. The van der Waals surface area contributed by atoms with Crippen LogP contribution in [0.3, 0.4) is 0 Å². The van der Waals surface area contributed by atoms with E-state index in [1.54, 1.807) is 17.1 Å². The minimum absolute atomic E-state index is 0.0119. The fraction of sp³-hybridized carbons (Fsp3) is 0.545. The van der Waals surface area contributed by atoms with Crippen LogP contribution in [-0.2, 0) is 4.74 Å². The fourth-order valence-corrected chi connectivity index (χ4v) is 1.81. The predicted molar refractivity (Wildman–Crippen MR) is 55.3 cm³/mol. The van der Waals surface area contributed by atoms with Crippen LogP contribution in [0, 0.1) is 0 Å². The van der Waals surface area contributed by atoms with Crippen molar-refractivity contribution < 1.29 is 14.6 Å². The normalized spacial score (nSPS) is 26.1. The zero-order chi connectivity index (χ0) is 10.8. The number of hydrogen-bond acceptors (Lipinski definition) is 3. The second-order valence-electron chi connectivity index (χ2n) is 3.84. The van der Waals surface area contributed by atoms with E-state index in [0.29, 0.717) is 25.1 Å². The first-order chi connectivity index (χ1) is 7.20. The van der Waals surface area contributed by atoms with E-state index >= 15 is 0 Å². The van der Waals surface area contributed by atoms with E-state index in [0.717, 1.165) is 12.1 Å². The molecule has 2 aliphatic rings. The number of rotatable bonds is 2. The lowest BCUT2D eigenvalue weighted by Crippen LogP contribution is -2.25. The molecule has 0 bridgehead atoms. The predicted octanol–water partition coefficient (Wildman–Crippen LogP) is 2.34. The Labute approximate surface area is 88.8 Å². The summed E-state index contributed by atoms with van der Waals surface area (Å²) in [6.45, 7) is 2.64. The fourth-order valence-electron chi connectivity index (χ4n) is 1.81. The maximum atomic E-state index is 11.5. The van der Waals surface area contributed by atoms with Crippen LogP contribution in [0.5, 0.6) is 0 Å². The van der Waals surface area contributed by atoms with Gasteiger partial charge in [0, 0.05) is 12.1 Å². The number of amides is 1. The Balaban J connectivity index is 2.09. The third-order valence-corrected chi connectivity index (χ3v) is 2.78. The molecule has 0 spiro atoms. The molecule has 82 valence electrons. The van der Waals surface area contributed by atoms with Crippen molar-refractivity contribution in [3.63, 3.8) is 0 Å². The molecule has 1 heterocycles. The first kappa shape index (κ1) is 10.1. The summed E-state index contributed by atoms with van der Waals surface area (Å²) in [5, 5.41) is 9.22. The van der Waals surface area contributed by atoms with Gasteiger partial charge in [0.25, 0.3) is 0 Å². The number of allylic oxidation sites excluding steroid dienone is 4. The van der Waals surface area contributed by atoms with Crippen molar-refractivity contribution in [1.29, 1.82) is 0 Å². The zero-order valence-corrected chi connectivity index (χ0v) is 8.77. The second-order valence-corrected chi connectivity index (χ2v) is 3.84. The number of carbonyl (C=O) groups excluding carboxylic acids is 1. The van der Waals surface area contributed by atoms with E-state index in [-0.39, 0.29) is 12.2 Å². The van der Waals surface area contributed by atoms with Gasteiger partial charge < -0.3 is 9.84 Å². The number of carbonyl (C=O) groups is 1. The number of ether oxygens (including phenoxy) is 1. The van der Waals surface area contributed by atoms with Crippen LogP contribution in [0.2, 0.25) is 0 Å². The Kier molecular flexibility index (Phi) is 2.66. The van der Waals surface area contributed by atoms with Gasteiger partial charge >= 0.3 is 6.09 Å². The maximum Gasteiger partial charge on any atom is 0.414 e. The molecule has 1 unspecified atom stereocenters. The average Bonchev–Trinajstić information content (AvgIpc) is 2.61. The Bertz CT molecular complexity index is 333. The molecule has 4 heteroatoms. The van der Waals surface area contributed by atoms with Crippen LogP contribution in [0.15, 0.2) is 23.6 Å². The van der Waals surface area contributed by atoms with Gasteiger partial charge in [0.2, 0.25) is 0 Å². The molecule has 1 atom stereocenters. The maximum absolute atomic E-state index is 11.5. The minimum Gasteiger partial charge on any atom is -0.512 e. The summed E-state index contributed by atoms with van der Waals surface area (Å²) < 4.78 is 5.17. The van der Waals surface area contributed by atoms with Gasteiger partial charge in [-0.2, -0.15) is 0 Å². The molecule has 0 saturated carbocycles. The summed E-state index contributed by atoms with van der Waals surface area (Å²) in [5.41, 5.74) is 0.939. The summed E-state index contributed by atoms with van der Waals surface area (Å²) in [4.78, 5) is 13.2. The van der Waals surface area contributed by atoms with Crippen LogP contribution in [-0.4, -0.2) is 28.7 Å². The van der Waals surface area contributed by atoms with Crippen molar-refractivity contribution in [2.24, 2.45) is 0 Å². The number of hydrogen-bond donors (Lipinski definition) is 1. The molecular weight excluding hydrogens is 194 g/mol. The van der Waals surface area contributed by atoms with Crippen molar-refractivity contribution in [3.8, 4) is 0 Å². The van der Waals surface area contributed by atoms with Crippen molar-refractivity contribution in [3.05, 3.63) is 23.6 Å². The van der Waals surface area contributed by atoms with Gasteiger partial charge in [0.15, 0.2) is 0 Å². The SMILES string of the molecule is CCC1CN(C2=CC=C(O)CC2)C(=O)O1. The van der Waals surface area contributed by atoms with E-state index in [2.05, 4.69) is 0 Å². The van der Waals surface area contributed by atoms with E-state index in [9.17, 15) is 9.90 Å². The van der Waals surface area contributed by atoms with Crippen molar-refractivity contribution in [1.82, 2.24) is 4.90 Å². The summed E-state index contributed by atoms with van der Waals surface area (Å²) in [6.07, 6.45) is 5.33. The second kappa shape index (κ2) is 3.96. The highest BCUT2D eigenvalue weighted by Crippen LogP contribution is 2.25. The van der Waals surface area contributed by atoms with Gasteiger partial charge in [-0.1, -0.05) is 6.92 Å². The molecule has 0 aromatic rings. The van der Waals surface area contributed by atoms with E-state index in [1.165, 1.54) is 0 Å². The third-order valence-electron chi connectivity index (χ3n) is 2.78. The van der Waals surface area contributed by atoms with E-state index in [1.807, 2.05) is 6.92 Å². The van der Waals surface area contributed by atoms with Crippen LogP contribution >= 0.6 is 0 Å². The molecule has 15 heavy (non-hydrogen) atoms. The Morgan fingerprint density at radius 1 is 1.53 bits per heavy atom. The molecule has 2 rings (SSSR count). The molecule has 4 nitrogen and oxygen atoms in total. The lowest BCUT2D eigenvalue weighted by atomic mass is 10.1. The Morgan fingerprint density at radius 2 is 2.33 bits per heavy atom. The lowest BCUT2D eigenvalue weighted by Gasteiger charge is -2.19. The van der Waals surface area contributed by atoms with Crippen molar-refractivity contribution in [2.75, 3.05) is 6.54 Å². The Morgan fingerprint density at radius 3 is 2.87 bits per heavy atom. The van der Waals surface area contributed by atoms with Crippen molar-refractivity contribution >= 4 is 6.09 Å². The van der Waals surface area contributed by atoms with Gasteiger partial charge in [0.1, 0.15) is 6.10 Å². The topological polar surface area (TPSA) is 49.8 Å². The van der Waals surface area contributed by atoms with Gasteiger partial charge in [-0.25, -0.2) is 4.79 Å². The molecule has 0 aromatic carbocycles. The third kappa shape index (κ3) is 1.98. The zero-order valence-electron chi connectivity index (χ0n) is 8.77. The van der Waals surface area contributed by atoms with Gasteiger partial charge in [-0.15, -0.1) is 0 Å². The van der Waals surface area contributed by atoms with Crippen molar-refractivity contribution in [2.45, 2.75) is 32.3 Å². The molecule has 1 aliphatic carbocycles. The smallest absolute Gasteiger partial charge is 0.414 e. The highest BCUT2D eigenvalue weighted by atomic mass is 16.6. The quantitative estimate of drug-likeness (QED) is 0.759. The number of nitrogens with zero attached hydrogens (tertiary/aromatic N) is 1. The number of aliphatic hydroxyl groups is 1. The van der Waals surface area contributed by atoms with Gasteiger partial charge in [0.05, 0.1) is 12.3 Å². The first-order valence-electron chi connectivity index (χ1n) is 5.27. The molecule has 1 N–H and O–H groups in total. The van der Waals surface area contributed by atoms with Gasteiger partial charge in [-0.05, 0) is 25.0 Å². The van der Waals surface area contributed by atoms with Crippen LogP contribution in [0.4, 0.5) is 4.79 Å². The summed E-state index contributed by atoms with van der Waals surface area (Å²) in [5.74, 6) is 0.373. The largest absolute Gasteiger partial charge is 0.512 e. The first-order valence-corrected chi connectivity index (χ1v) is 5.27. The monoisotopic (exact) mass is 209 g/mol. The van der Waals surface area contributed by atoms with E-state index < -0.39 is 0 Å². The molecule has 1 amide bonds. The summed E-state index contributed by atoms with van der Waals surface area (Å²) in [6, 6.07) is 0. The highest BCUT2D eigenvalue weighted by Gasteiger charge is 2.32. The molecule has 0 aromatic heterocycles. The van der Waals surface area contributed by atoms with Crippen LogP contribution in [0.25, 0.3) is 0 Å². The van der Waals surface area contributed by atoms with Gasteiger partial charge in [-0.3, -0.25) is 4.90 Å². The van der Waals surface area contributed by atoms with Crippen LogP contribution in [0.1, 0.15) is 26.2 Å². The molecule has 1 aliphatic heterocycles. The highest BCUT2D eigenvalue weighted by molar-refractivity contribution is 5.72. The Hall–Kier alpha value is -1.45. The summed E-state index contributed by atoms with van der Waals surface area (Å²) >= 11 is 0. The van der Waals surface area contributed by atoms with E-state index in [4.69, 9.17) is 4.74 Å². The lowest BCUT2D eigenvalue weighted by molar-refractivity contribution is 0.133. The average molecular weight is 209 g/mol.